The highest BCUT2D eigenvalue weighted by Crippen LogP contribution is 2.30. The molecule has 1 aliphatic rings. The van der Waals surface area contributed by atoms with Gasteiger partial charge in [-0.3, -0.25) is 4.79 Å². The van der Waals surface area contributed by atoms with Crippen LogP contribution >= 0.6 is 31.9 Å². The Labute approximate surface area is 163 Å². The molecule has 3 rings (SSSR count). The molecule has 1 saturated carbocycles. The third-order valence-electron chi connectivity index (χ3n) is 3.79. The maximum absolute atomic E-state index is 12.5. The van der Waals surface area contributed by atoms with Crippen LogP contribution in [0.1, 0.15) is 18.4 Å². The molecule has 2 N–H and O–H groups in total. The molecule has 2 aromatic carbocycles. The Morgan fingerprint density at radius 3 is 2.60 bits per heavy atom. The van der Waals surface area contributed by atoms with Crippen LogP contribution < -0.4 is 10.0 Å². The van der Waals surface area contributed by atoms with Crippen molar-refractivity contribution in [2.24, 2.45) is 5.92 Å². The molecule has 8 heteroatoms. The van der Waals surface area contributed by atoms with Crippen LogP contribution in [0.25, 0.3) is 0 Å². The van der Waals surface area contributed by atoms with Crippen molar-refractivity contribution in [3.63, 3.8) is 0 Å². The van der Waals surface area contributed by atoms with E-state index < -0.39 is 10.0 Å². The number of nitrogens with one attached hydrogen (secondary N) is 2. The lowest BCUT2D eigenvalue weighted by Crippen LogP contribution is -2.23. The fourth-order valence-corrected chi connectivity index (χ4v) is 4.81. The zero-order valence-electron chi connectivity index (χ0n) is 13.1. The number of hydrogen-bond donors (Lipinski definition) is 2. The second kappa shape index (κ2) is 7.57. The summed E-state index contributed by atoms with van der Waals surface area (Å²) in [6.45, 7) is 0.133. The monoisotopic (exact) mass is 486 g/mol. The normalized spacial score (nSPS) is 14.3. The zero-order valence-corrected chi connectivity index (χ0v) is 17.1. The number of carbonyl (C=O) groups is 1. The van der Waals surface area contributed by atoms with E-state index in [0.717, 1.165) is 18.4 Å². The van der Waals surface area contributed by atoms with E-state index in [1.165, 1.54) is 0 Å². The maximum atomic E-state index is 12.5. The van der Waals surface area contributed by atoms with Gasteiger partial charge in [0.05, 0.1) is 4.90 Å². The Bertz CT molecular complexity index is 912. The minimum Gasteiger partial charge on any atom is -0.326 e. The van der Waals surface area contributed by atoms with Crippen LogP contribution in [0.2, 0.25) is 0 Å². The van der Waals surface area contributed by atoms with E-state index in [1.807, 2.05) is 6.07 Å². The summed E-state index contributed by atoms with van der Waals surface area (Å²) >= 11 is 6.54. The van der Waals surface area contributed by atoms with Crippen molar-refractivity contribution in [1.29, 1.82) is 0 Å². The molecule has 0 atom stereocenters. The molecule has 1 aliphatic carbocycles. The molecule has 0 heterocycles. The van der Waals surface area contributed by atoms with E-state index in [4.69, 9.17) is 0 Å². The van der Waals surface area contributed by atoms with Gasteiger partial charge >= 0.3 is 0 Å². The molecule has 5 nitrogen and oxygen atoms in total. The van der Waals surface area contributed by atoms with E-state index in [9.17, 15) is 13.2 Å². The summed E-state index contributed by atoms with van der Waals surface area (Å²) in [5.41, 5.74) is 1.44. The molecule has 2 aromatic rings. The maximum Gasteiger partial charge on any atom is 0.242 e. The van der Waals surface area contributed by atoms with Gasteiger partial charge in [0.2, 0.25) is 15.9 Å². The van der Waals surface area contributed by atoms with Gasteiger partial charge in [0.1, 0.15) is 0 Å². The first-order valence-corrected chi connectivity index (χ1v) is 10.8. The van der Waals surface area contributed by atoms with Gasteiger partial charge in [-0.15, -0.1) is 0 Å². The molecule has 0 aromatic heterocycles. The van der Waals surface area contributed by atoms with Crippen LogP contribution in [0.5, 0.6) is 0 Å². The lowest BCUT2D eigenvalue weighted by atomic mass is 10.2. The molecule has 25 heavy (non-hydrogen) atoms. The molecule has 132 valence electrons. The summed E-state index contributed by atoms with van der Waals surface area (Å²) in [6, 6.07) is 12.1. The molecule has 0 unspecified atom stereocenters. The molecule has 1 fully saturated rings. The number of hydrogen-bond acceptors (Lipinski definition) is 3. The highest BCUT2D eigenvalue weighted by Gasteiger charge is 2.29. The first-order valence-electron chi connectivity index (χ1n) is 7.70. The van der Waals surface area contributed by atoms with Crippen molar-refractivity contribution in [3.8, 4) is 0 Å². The summed E-state index contributed by atoms with van der Waals surface area (Å²) in [7, 11) is -3.67. The summed E-state index contributed by atoms with van der Waals surface area (Å²) in [4.78, 5) is 12.0. The van der Waals surface area contributed by atoms with Crippen LogP contribution in [0.4, 0.5) is 5.69 Å². The van der Waals surface area contributed by atoms with E-state index in [1.54, 1.807) is 36.4 Å². The average Bonchev–Trinajstić information content (AvgIpc) is 3.41. The fraction of sp³-hybridized carbons (Fsp3) is 0.235. The van der Waals surface area contributed by atoms with Crippen molar-refractivity contribution in [2.45, 2.75) is 24.3 Å². The SMILES string of the molecule is O=C(Nc1cccc(CNS(=O)(=O)c2cc(Br)ccc2Br)c1)C1CC1. The predicted octanol–water partition coefficient (Wildman–Crippen LogP) is 4.04. The van der Waals surface area contributed by atoms with Crippen molar-refractivity contribution in [3.05, 3.63) is 57.0 Å². The minimum absolute atomic E-state index is 0.0239. The number of sulfonamides is 1. The van der Waals surface area contributed by atoms with Crippen molar-refractivity contribution in [2.75, 3.05) is 5.32 Å². The highest BCUT2D eigenvalue weighted by molar-refractivity contribution is 9.11. The predicted molar refractivity (Wildman–Crippen MR) is 104 cm³/mol. The van der Waals surface area contributed by atoms with Crippen LogP contribution in [-0.2, 0) is 21.4 Å². The van der Waals surface area contributed by atoms with Gasteiger partial charge in [-0.1, -0.05) is 28.1 Å². The lowest BCUT2D eigenvalue weighted by Gasteiger charge is -2.10. The number of halogens is 2. The van der Waals surface area contributed by atoms with Crippen molar-refractivity contribution in [1.82, 2.24) is 4.72 Å². The van der Waals surface area contributed by atoms with E-state index in [-0.39, 0.29) is 23.3 Å². The van der Waals surface area contributed by atoms with Gasteiger partial charge in [0.25, 0.3) is 0 Å². The summed E-state index contributed by atoms with van der Waals surface area (Å²) in [5.74, 6) is 0.145. The number of rotatable bonds is 6. The molecule has 0 saturated heterocycles. The smallest absolute Gasteiger partial charge is 0.242 e. The number of carbonyl (C=O) groups excluding carboxylic acids is 1. The largest absolute Gasteiger partial charge is 0.326 e. The second-order valence-corrected chi connectivity index (χ2v) is 9.37. The molecular weight excluding hydrogens is 472 g/mol. The van der Waals surface area contributed by atoms with Crippen LogP contribution in [0, 0.1) is 5.92 Å². The third-order valence-corrected chi connectivity index (χ3v) is 6.68. The first kappa shape index (κ1) is 18.6. The number of anilines is 1. The van der Waals surface area contributed by atoms with Gasteiger partial charge in [-0.25, -0.2) is 13.1 Å². The van der Waals surface area contributed by atoms with Gasteiger partial charge in [-0.05, 0) is 64.7 Å². The number of benzene rings is 2. The molecule has 0 bridgehead atoms. The summed E-state index contributed by atoms with van der Waals surface area (Å²) < 4.78 is 28.8. The van der Waals surface area contributed by atoms with Gasteiger partial charge in [-0.2, -0.15) is 0 Å². The van der Waals surface area contributed by atoms with Gasteiger partial charge in [0, 0.05) is 27.1 Å². The Morgan fingerprint density at radius 1 is 1.12 bits per heavy atom. The van der Waals surface area contributed by atoms with Crippen LogP contribution in [0.15, 0.2) is 56.3 Å². The Balaban J connectivity index is 1.70. The molecule has 0 aliphatic heterocycles. The second-order valence-electron chi connectivity index (χ2n) is 5.86. The topological polar surface area (TPSA) is 75.3 Å². The Morgan fingerprint density at radius 2 is 1.88 bits per heavy atom. The lowest BCUT2D eigenvalue weighted by molar-refractivity contribution is -0.117. The summed E-state index contributed by atoms with van der Waals surface area (Å²) in [5, 5.41) is 2.86. The van der Waals surface area contributed by atoms with Crippen molar-refractivity contribution >= 4 is 53.5 Å². The summed E-state index contributed by atoms with van der Waals surface area (Å²) in [6.07, 6.45) is 1.87. The fourth-order valence-electron chi connectivity index (χ4n) is 2.29. The average molecular weight is 488 g/mol. The molecular formula is C17H16Br2N2O3S. The van der Waals surface area contributed by atoms with E-state index in [0.29, 0.717) is 14.6 Å². The van der Waals surface area contributed by atoms with E-state index >= 15 is 0 Å². The zero-order chi connectivity index (χ0) is 18.0. The van der Waals surface area contributed by atoms with Gasteiger partial charge < -0.3 is 5.32 Å². The van der Waals surface area contributed by atoms with E-state index in [2.05, 4.69) is 41.9 Å². The first-order chi connectivity index (χ1) is 11.8. The van der Waals surface area contributed by atoms with Crippen LogP contribution in [0.3, 0.4) is 0 Å². The Kier molecular flexibility index (Phi) is 5.62. The number of amides is 1. The molecule has 1 amide bonds. The quantitative estimate of drug-likeness (QED) is 0.645. The Hall–Kier alpha value is -1.22. The van der Waals surface area contributed by atoms with Crippen LogP contribution in [-0.4, -0.2) is 14.3 Å². The van der Waals surface area contributed by atoms with Gasteiger partial charge in [0.15, 0.2) is 0 Å². The van der Waals surface area contributed by atoms with Crippen molar-refractivity contribution < 1.29 is 13.2 Å². The standard InChI is InChI=1S/C17H16Br2N2O3S/c18-13-6-7-15(19)16(9-13)25(23,24)20-10-11-2-1-3-14(8-11)21-17(22)12-4-5-12/h1-3,6-9,12,20H,4-5,10H2,(H,21,22). The highest BCUT2D eigenvalue weighted by atomic mass is 79.9. The minimum atomic E-state index is -3.67. The molecule has 0 radical (unpaired) electrons. The third kappa shape index (κ3) is 4.91. The molecule has 0 spiro atoms.